The van der Waals surface area contributed by atoms with Crippen molar-refractivity contribution in [1.82, 2.24) is 10.6 Å². The van der Waals surface area contributed by atoms with Gasteiger partial charge in [-0.3, -0.25) is 4.79 Å². The number of ether oxygens (including phenoxy) is 2. The van der Waals surface area contributed by atoms with Gasteiger partial charge in [0.25, 0.3) is 0 Å². The van der Waals surface area contributed by atoms with Crippen molar-refractivity contribution in [2.75, 3.05) is 26.8 Å². The standard InChI is InChI=1S/C17H24N2O3.ClH/c1-12-15(18-9-10-22-12)16(20)19-11-17(7-8-17)13-5-3-4-6-14(13)21-2;/h3-6,12,15,18H,7-11H2,1-2H3,(H,19,20);1H/t12-,15+;/m1./s1. The zero-order chi connectivity index (χ0) is 15.6. The van der Waals surface area contributed by atoms with Crippen LogP contribution in [0.4, 0.5) is 0 Å². The molecule has 6 heteroatoms. The lowest BCUT2D eigenvalue weighted by atomic mass is 9.94. The molecule has 0 unspecified atom stereocenters. The highest BCUT2D eigenvalue weighted by Crippen LogP contribution is 2.50. The summed E-state index contributed by atoms with van der Waals surface area (Å²) in [7, 11) is 1.69. The van der Waals surface area contributed by atoms with Crippen molar-refractivity contribution < 1.29 is 14.3 Å². The zero-order valence-corrected chi connectivity index (χ0v) is 14.4. The minimum Gasteiger partial charge on any atom is -0.496 e. The Balaban J connectivity index is 0.00000192. The van der Waals surface area contributed by atoms with Crippen molar-refractivity contribution in [2.45, 2.75) is 37.3 Å². The number of methoxy groups -OCH3 is 1. The second-order valence-corrected chi connectivity index (χ2v) is 6.21. The number of hydrogen-bond acceptors (Lipinski definition) is 4. The van der Waals surface area contributed by atoms with Crippen molar-refractivity contribution in [3.05, 3.63) is 29.8 Å². The van der Waals surface area contributed by atoms with Crippen LogP contribution in [-0.4, -0.2) is 44.9 Å². The van der Waals surface area contributed by atoms with E-state index in [2.05, 4.69) is 16.7 Å². The van der Waals surface area contributed by atoms with Crippen molar-refractivity contribution in [1.29, 1.82) is 0 Å². The van der Waals surface area contributed by atoms with E-state index in [1.165, 1.54) is 5.56 Å². The Hall–Kier alpha value is -1.30. The van der Waals surface area contributed by atoms with Gasteiger partial charge in [0.05, 0.1) is 19.8 Å². The molecule has 1 aromatic carbocycles. The first kappa shape index (κ1) is 18.0. The first-order valence-electron chi connectivity index (χ1n) is 7.92. The molecule has 3 rings (SSSR count). The highest BCUT2D eigenvalue weighted by atomic mass is 35.5. The van der Waals surface area contributed by atoms with E-state index in [-0.39, 0.29) is 35.9 Å². The lowest BCUT2D eigenvalue weighted by Crippen LogP contribution is -2.56. The molecular weight excluding hydrogens is 316 g/mol. The number of carbonyl (C=O) groups is 1. The van der Waals surface area contributed by atoms with Crippen molar-refractivity contribution in [2.24, 2.45) is 0 Å². The zero-order valence-electron chi connectivity index (χ0n) is 13.6. The molecule has 1 saturated carbocycles. The molecule has 0 bridgehead atoms. The van der Waals surface area contributed by atoms with Gasteiger partial charge in [-0.2, -0.15) is 0 Å². The minimum atomic E-state index is -0.262. The van der Waals surface area contributed by atoms with Crippen molar-refractivity contribution >= 4 is 18.3 Å². The van der Waals surface area contributed by atoms with E-state index in [9.17, 15) is 4.79 Å². The lowest BCUT2D eigenvalue weighted by Gasteiger charge is -2.30. The molecule has 2 N–H and O–H groups in total. The first-order valence-corrected chi connectivity index (χ1v) is 7.92. The smallest absolute Gasteiger partial charge is 0.239 e. The summed E-state index contributed by atoms with van der Waals surface area (Å²) in [6.07, 6.45) is 2.07. The number of halogens is 1. The summed E-state index contributed by atoms with van der Waals surface area (Å²) in [6, 6.07) is 7.82. The molecule has 2 fully saturated rings. The molecule has 1 aromatic rings. The summed E-state index contributed by atoms with van der Waals surface area (Å²) in [6.45, 7) is 3.97. The minimum absolute atomic E-state index is 0. The second-order valence-electron chi connectivity index (χ2n) is 6.21. The predicted molar refractivity (Wildman–Crippen MR) is 91.4 cm³/mol. The monoisotopic (exact) mass is 340 g/mol. The summed E-state index contributed by atoms with van der Waals surface area (Å²) in [5.74, 6) is 0.926. The Morgan fingerprint density at radius 2 is 2.17 bits per heavy atom. The van der Waals surface area contributed by atoms with Crippen molar-refractivity contribution in [3.63, 3.8) is 0 Å². The van der Waals surface area contributed by atoms with Gasteiger partial charge in [0.15, 0.2) is 0 Å². The molecule has 1 aliphatic carbocycles. The number of amides is 1. The number of benzene rings is 1. The maximum atomic E-state index is 12.4. The molecule has 2 atom stereocenters. The number of rotatable bonds is 5. The molecule has 0 spiro atoms. The third-order valence-corrected chi connectivity index (χ3v) is 4.73. The average molecular weight is 341 g/mol. The maximum Gasteiger partial charge on any atom is 0.239 e. The predicted octanol–water partition coefficient (Wildman–Crippen LogP) is 1.64. The summed E-state index contributed by atoms with van der Waals surface area (Å²) in [4.78, 5) is 12.4. The van der Waals surface area contributed by atoms with Gasteiger partial charge in [-0.05, 0) is 25.8 Å². The van der Waals surface area contributed by atoms with E-state index >= 15 is 0 Å². The number of hydrogen-bond donors (Lipinski definition) is 2. The van der Waals surface area contributed by atoms with E-state index in [1.807, 2.05) is 25.1 Å². The Morgan fingerprint density at radius 1 is 1.43 bits per heavy atom. The van der Waals surface area contributed by atoms with Crippen LogP contribution in [0.15, 0.2) is 24.3 Å². The second kappa shape index (κ2) is 7.51. The molecule has 0 aromatic heterocycles. The fourth-order valence-corrected chi connectivity index (χ4v) is 3.17. The molecule has 1 heterocycles. The van der Waals surface area contributed by atoms with E-state index in [0.29, 0.717) is 13.2 Å². The molecule has 1 saturated heterocycles. The van der Waals surface area contributed by atoms with Crippen LogP contribution in [0, 0.1) is 0 Å². The first-order chi connectivity index (χ1) is 10.7. The third-order valence-electron chi connectivity index (χ3n) is 4.73. The van der Waals surface area contributed by atoms with E-state index in [4.69, 9.17) is 9.47 Å². The number of para-hydroxylation sites is 1. The molecule has 0 radical (unpaired) electrons. The number of nitrogens with one attached hydrogen (secondary N) is 2. The van der Waals surface area contributed by atoms with Crippen LogP contribution in [-0.2, 0) is 14.9 Å². The van der Waals surface area contributed by atoms with Gasteiger partial charge in [-0.15, -0.1) is 12.4 Å². The summed E-state index contributed by atoms with van der Waals surface area (Å²) < 4.78 is 11.0. The largest absolute Gasteiger partial charge is 0.496 e. The summed E-state index contributed by atoms with van der Waals surface area (Å²) in [5, 5.41) is 6.32. The van der Waals surface area contributed by atoms with Crippen LogP contribution in [0.3, 0.4) is 0 Å². The summed E-state index contributed by atoms with van der Waals surface area (Å²) >= 11 is 0. The SMILES string of the molecule is COc1ccccc1C1(CNC(=O)[C@H]2NCCO[C@@H]2C)CC1.Cl. The van der Waals surface area contributed by atoms with Crippen LogP contribution in [0.5, 0.6) is 5.75 Å². The quantitative estimate of drug-likeness (QED) is 0.855. The highest BCUT2D eigenvalue weighted by Gasteiger charge is 2.46. The van der Waals surface area contributed by atoms with Crippen molar-refractivity contribution in [3.8, 4) is 5.75 Å². The van der Waals surface area contributed by atoms with Crippen LogP contribution < -0.4 is 15.4 Å². The van der Waals surface area contributed by atoms with E-state index in [1.54, 1.807) is 7.11 Å². The fourth-order valence-electron chi connectivity index (χ4n) is 3.17. The van der Waals surface area contributed by atoms with Crippen LogP contribution in [0.25, 0.3) is 0 Å². The van der Waals surface area contributed by atoms with Gasteiger partial charge in [0.1, 0.15) is 11.8 Å². The molecular formula is C17H25ClN2O3. The molecule has 5 nitrogen and oxygen atoms in total. The molecule has 1 aliphatic heterocycles. The van der Waals surface area contributed by atoms with Gasteiger partial charge >= 0.3 is 0 Å². The fraction of sp³-hybridized carbons (Fsp3) is 0.588. The lowest BCUT2D eigenvalue weighted by molar-refractivity contribution is -0.129. The Bertz CT molecular complexity index is 548. The number of morpholine rings is 1. The van der Waals surface area contributed by atoms with Gasteiger partial charge in [0.2, 0.25) is 5.91 Å². The average Bonchev–Trinajstić information content (AvgIpc) is 3.34. The van der Waals surface area contributed by atoms with E-state index in [0.717, 1.165) is 25.1 Å². The van der Waals surface area contributed by atoms with Gasteiger partial charge < -0.3 is 20.1 Å². The molecule has 128 valence electrons. The Morgan fingerprint density at radius 3 is 2.83 bits per heavy atom. The van der Waals surface area contributed by atoms with Crippen LogP contribution >= 0.6 is 12.4 Å². The van der Waals surface area contributed by atoms with Gasteiger partial charge in [0, 0.05) is 24.1 Å². The maximum absolute atomic E-state index is 12.4. The molecule has 1 amide bonds. The van der Waals surface area contributed by atoms with E-state index < -0.39 is 0 Å². The normalized spacial score (nSPS) is 25.1. The summed E-state index contributed by atoms with van der Waals surface area (Å²) in [5.41, 5.74) is 1.22. The highest BCUT2D eigenvalue weighted by molar-refractivity contribution is 5.85. The number of carbonyl (C=O) groups excluding carboxylic acids is 1. The Kier molecular flexibility index (Phi) is 5.89. The molecule has 2 aliphatic rings. The van der Waals surface area contributed by atoms with Gasteiger partial charge in [-0.1, -0.05) is 18.2 Å². The third kappa shape index (κ3) is 3.79. The van der Waals surface area contributed by atoms with Crippen LogP contribution in [0.2, 0.25) is 0 Å². The van der Waals surface area contributed by atoms with Crippen LogP contribution in [0.1, 0.15) is 25.3 Å². The van der Waals surface area contributed by atoms with Gasteiger partial charge in [-0.25, -0.2) is 0 Å². The topological polar surface area (TPSA) is 59.6 Å². The Labute approximate surface area is 143 Å². The molecule has 23 heavy (non-hydrogen) atoms.